The molecule has 0 bridgehead atoms. The van der Waals surface area contributed by atoms with Crippen molar-refractivity contribution in [2.75, 3.05) is 13.6 Å². The van der Waals surface area contributed by atoms with Crippen LogP contribution in [0.3, 0.4) is 0 Å². The average Bonchev–Trinajstić information content (AvgIpc) is 2.42. The Morgan fingerprint density at radius 1 is 1.47 bits per heavy atom. The van der Waals surface area contributed by atoms with E-state index < -0.39 is 0 Å². The molecular formula is C13H26N4. The maximum Gasteiger partial charge on any atom is 0.0638 e. The van der Waals surface area contributed by atoms with Crippen LogP contribution in [-0.2, 0) is 13.6 Å². The number of aromatic nitrogens is 2. The summed E-state index contributed by atoms with van der Waals surface area (Å²) in [7, 11) is 4.08. The maximum absolute atomic E-state index is 6.11. The van der Waals surface area contributed by atoms with Gasteiger partial charge in [-0.2, -0.15) is 5.10 Å². The van der Waals surface area contributed by atoms with Gasteiger partial charge in [-0.05, 0) is 26.3 Å². The van der Waals surface area contributed by atoms with E-state index in [0.29, 0.717) is 5.92 Å². The minimum atomic E-state index is 0.261. The van der Waals surface area contributed by atoms with Gasteiger partial charge in [0.05, 0.1) is 5.69 Å². The molecule has 1 rings (SSSR count). The summed E-state index contributed by atoms with van der Waals surface area (Å²) in [5.41, 5.74) is 8.50. The van der Waals surface area contributed by atoms with Crippen LogP contribution in [0.15, 0.2) is 6.20 Å². The Hall–Kier alpha value is -0.870. The molecule has 0 unspecified atom stereocenters. The molecule has 4 nitrogen and oxygen atoms in total. The quantitative estimate of drug-likeness (QED) is 0.817. The minimum Gasteiger partial charge on any atom is -0.327 e. The van der Waals surface area contributed by atoms with Crippen molar-refractivity contribution in [3.63, 3.8) is 0 Å². The van der Waals surface area contributed by atoms with Crippen LogP contribution in [0.5, 0.6) is 0 Å². The fraction of sp³-hybridized carbons (Fsp3) is 0.769. The van der Waals surface area contributed by atoms with Gasteiger partial charge in [0.25, 0.3) is 0 Å². The highest BCUT2D eigenvalue weighted by Crippen LogP contribution is 2.09. The second-order valence-corrected chi connectivity index (χ2v) is 5.50. The van der Waals surface area contributed by atoms with Crippen molar-refractivity contribution in [1.82, 2.24) is 14.7 Å². The molecule has 0 aliphatic rings. The zero-order chi connectivity index (χ0) is 13.0. The molecule has 0 radical (unpaired) electrons. The van der Waals surface area contributed by atoms with Crippen LogP contribution in [0.25, 0.3) is 0 Å². The lowest BCUT2D eigenvalue weighted by molar-refractivity contribution is 0.286. The van der Waals surface area contributed by atoms with E-state index in [-0.39, 0.29) is 6.04 Å². The van der Waals surface area contributed by atoms with Gasteiger partial charge in [0, 0.05) is 37.9 Å². The van der Waals surface area contributed by atoms with E-state index in [2.05, 4.69) is 44.0 Å². The average molecular weight is 238 g/mol. The lowest BCUT2D eigenvalue weighted by Gasteiger charge is -2.22. The summed E-state index contributed by atoms with van der Waals surface area (Å²) in [6, 6.07) is 0.261. The van der Waals surface area contributed by atoms with Gasteiger partial charge in [-0.15, -0.1) is 0 Å². The second kappa shape index (κ2) is 6.17. The summed E-state index contributed by atoms with van der Waals surface area (Å²) in [6.07, 6.45) is 3.16. The number of likely N-dealkylation sites (N-methyl/N-ethyl adjacent to an activating group) is 1. The van der Waals surface area contributed by atoms with Gasteiger partial charge in [0.1, 0.15) is 0 Å². The normalized spacial score (nSPS) is 13.6. The molecule has 17 heavy (non-hydrogen) atoms. The van der Waals surface area contributed by atoms with E-state index >= 15 is 0 Å². The van der Waals surface area contributed by atoms with Gasteiger partial charge in [0.2, 0.25) is 0 Å². The lowest BCUT2D eigenvalue weighted by atomic mass is 10.0. The molecular weight excluding hydrogens is 212 g/mol. The Morgan fingerprint density at radius 2 is 2.12 bits per heavy atom. The molecule has 1 atom stereocenters. The summed E-state index contributed by atoms with van der Waals surface area (Å²) >= 11 is 0. The summed E-state index contributed by atoms with van der Waals surface area (Å²) in [6.45, 7) is 8.34. The van der Waals surface area contributed by atoms with Crippen molar-refractivity contribution in [2.45, 2.75) is 39.8 Å². The van der Waals surface area contributed by atoms with E-state index in [9.17, 15) is 0 Å². The molecule has 2 N–H and O–H groups in total. The van der Waals surface area contributed by atoms with Crippen LogP contribution in [0, 0.1) is 12.8 Å². The van der Waals surface area contributed by atoms with Gasteiger partial charge in [-0.1, -0.05) is 13.8 Å². The largest absolute Gasteiger partial charge is 0.327 e. The van der Waals surface area contributed by atoms with Crippen LogP contribution in [0.2, 0.25) is 0 Å². The number of aryl methyl sites for hydroxylation is 2. The first-order chi connectivity index (χ1) is 7.88. The molecule has 1 aromatic heterocycles. The van der Waals surface area contributed by atoms with E-state index in [1.807, 2.05) is 11.7 Å². The van der Waals surface area contributed by atoms with Crippen molar-refractivity contribution in [1.29, 1.82) is 0 Å². The first kappa shape index (κ1) is 14.2. The zero-order valence-electron chi connectivity index (χ0n) is 11.8. The molecule has 0 saturated heterocycles. The standard InChI is InChI=1S/C13H26N4/c1-10(2)6-13(14)9-16(4)7-12-8-17(5)15-11(12)3/h8,10,13H,6-7,9,14H2,1-5H3/t13-/m0/s1. The van der Waals surface area contributed by atoms with Gasteiger partial charge < -0.3 is 10.6 Å². The monoisotopic (exact) mass is 238 g/mol. The van der Waals surface area contributed by atoms with Crippen LogP contribution in [0.1, 0.15) is 31.5 Å². The minimum absolute atomic E-state index is 0.261. The van der Waals surface area contributed by atoms with Crippen molar-refractivity contribution in [3.8, 4) is 0 Å². The van der Waals surface area contributed by atoms with E-state index in [1.54, 1.807) is 0 Å². The molecule has 0 saturated carbocycles. The van der Waals surface area contributed by atoms with Gasteiger partial charge in [-0.25, -0.2) is 0 Å². The Labute approximate surface area is 105 Å². The van der Waals surface area contributed by atoms with Gasteiger partial charge >= 0.3 is 0 Å². The zero-order valence-corrected chi connectivity index (χ0v) is 11.8. The molecule has 4 heteroatoms. The van der Waals surface area contributed by atoms with Crippen LogP contribution >= 0.6 is 0 Å². The number of nitrogens with zero attached hydrogens (tertiary/aromatic N) is 3. The van der Waals surface area contributed by atoms with Gasteiger partial charge in [0.15, 0.2) is 0 Å². The van der Waals surface area contributed by atoms with Crippen LogP contribution in [-0.4, -0.2) is 34.3 Å². The summed E-state index contributed by atoms with van der Waals surface area (Å²) in [5.74, 6) is 0.665. The lowest BCUT2D eigenvalue weighted by Crippen LogP contribution is -2.35. The summed E-state index contributed by atoms with van der Waals surface area (Å²) in [5, 5.41) is 4.35. The third kappa shape index (κ3) is 4.88. The third-order valence-corrected chi connectivity index (χ3v) is 2.88. The summed E-state index contributed by atoms with van der Waals surface area (Å²) in [4.78, 5) is 2.27. The fourth-order valence-electron chi connectivity index (χ4n) is 2.24. The predicted octanol–water partition coefficient (Wildman–Crippen LogP) is 1.53. The molecule has 0 spiro atoms. The van der Waals surface area contributed by atoms with Crippen LogP contribution < -0.4 is 5.73 Å². The van der Waals surface area contributed by atoms with Crippen LogP contribution in [0.4, 0.5) is 0 Å². The topological polar surface area (TPSA) is 47.1 Å². The maximum atomic E-state index is 6.11. The second-order valence-electron chi connectivity index (χ2n) is 5.50. The molecule has 0 aliphatic heterocycles. The van der Waals surface area contributed by atoms with Crippen molar-refractivity contribution >= 4 is 0 Å². The number of rotatable bonds is 6. The molecule has 1 aromatic rings. The molecule has 0 amide bonds. The Bertz CT molecular complexity index is 343. The first-order valence-electron chi connectivity index (χ1n) is 6.31. The Balaban J connectivity index is 2.44. The Kier molecular flexibility index (Phi) is 5.15. The molecule has 0 aromatic carbocycles. The highest BCUT2D eigenvalue weighted by Gasteiger charge is 2.11. The number of hydrogen-bond acceptors (Lipinski definition) is 3. The number of hydrogen-bond donors (Lipinski definition) is 1. The Morgan fingerprint density at radius 3 is 2.59 bits per heavy atom. The molecule has 0 fully saturated rings. The first-order valence-corrected chi connectivity index (χ1v) is 6.31. The molecule has 98 valence electrons. The van der Waals surface area contributed by atoms with Crippen molar-refractivity contribution in [2.24, 2.45) is 18.7 Å². The predicted molar refractivity (Wildman–Crippen MR) is 71.7 cm³/mol. The molecule has 1 heterocycles. The molecule has 0 aliphatic carbocycles. The van der Waals surface area contributed by atoms with E-state index in [1.165, 1.54) is 5.56 Å². The van der Waals surface area contributed by atoms with E-state index in [4.69, 9.17) is 5.73 Å². The third-order valence-electron chi connectivity index (χ3n) is 2.88. The highest BCUT2D eigenvalue weighted by molar-refractivity contribution is 5.14. The smallest absolute Gasteiger partial charge is 0.0638 e. The van der Waals surface area contributed by atoms with E-state index in [0.717, 1.165) is 25.2 Å². The SMILES string of the molecule is Cc1nn(C)cc1CN(C)C[C@@H](N)CC(C)C. The highest BCUT2D eigenvalue weighted by atomic mass is 15.3. The summed E-state index contributed by atoms with van der Waals surface area (Å²) < 4.78 is 1.87. The van der Waals surface area contributed by atoms with Crippen molar-refractivity contribution < 1.29 is 0 Å². The fourth-order valence-corrected chi connectivity index (χ4v) is 2.24. The number of nitrogens with two attached hydrogens (primary N) is 1. The van der Waals surface area contributed by atoms with Crippen molar-refractivity contribution in [3.05, 3.63) is 17.5 Å². The van der Waals surface area contributed by atoms with Gasteiger partial charge in [-0.3, -0.25) is 4.68 Å².